The molecule has 8 heteroatoms. The van der Waals surface area contributed by atoms with Crippen molar-refractivity contribution in [2.75, 3.05) is 18.5 Å². The number of hydrogen-bond donors (Lipinski definition) is 1. The SMILES string of the molecule is CNC(=O)[C@@H]1CN(C(=O)c2ccc(C)c([N+](=O)[O-])c2)c2ccccc2O1. The number of fused-ring (bicyclic) bond motifs is 1. The molecule has 0 bridgehead atoms. The van der Waals surface area contributed by atoms with Gasteiger partial charge in [-0.2, -0.15) is 0 Å². The Morgan fingerprint density at radius 3 is 2.69 bits per heavy atom. The summed E-state index contributed by atoms with van der Waals surface area (Å²) in [5.41, 5.74) is 1.04. The van der Waals surface area contributed by atoms with Crippen LogP contribution in [0.2, 0.25) is 0 Å². The molecule has 2 aromatic rings. The third-order valence-corrected chi connectivity index (χ3v) is 4.21. The van der Waals surface area contributed by atoms with Crippen LogP contribution in [-0.4, -0.2) is 36.4 Å². The molecule has 8 nitrogen and oxygen atoms in total. The molecule has 1 aliphatic rings. The Morgan fingerprint density at radius 1 is 1.27 bits per heavy atom. The summed E-state index contributed by atoms with van der Waals surface area (Å²) in [5, 5.41) is 13.7. The second-order valence-electron chi connectivity index (χ2n) is 5.86. The van der Waals surface area contributed by atoms with Gasteiger partial charge in [-0.3, -0.25) is 19.7 Å². The lowest BCUT2D eigenvalue weighted by Gasteiger charge is -2.34. The van der Waals surface area contributed by atoms with Crippen molar-refractivity contribution in [2.45, 2.75) is 13.0 Å². The van der Waals surface area contributed by atoms with Crippen molar-refractivity contribution in [3.8, 4) is 5.75 Å². The number of hydrogen-bond acceptors (Lipinski definition) is 5. The highest BCUT2D eigenvalue weighted by Crippen LogP contribution is 2.34. The molecule has 0 aromatic heterocycles. The maximum atomic E-state index is 13.0. The second kappa shape index (κ2) is 6.83. The van der Waals surface area contributed by atoms with Gasteiger partial charge < -0.3 is 15.0 Å². The van der Waals surface area contributed by atoms with Gasteiger partial charge in [0.05, 0.1) is 17.2 Å². The largest absolute Gasteiger partial charge is 0.477 e. The number of rotatable bonds is 3. The van der Waals surface area contributed by atoms with E-state index in [1.807, 2.05) is 0 Å². The number of aryl methyl sites for hydroxylation is 1. The predicted octanol–water partition coefficient (Wildman–Crippen LogP) is 2.06. The lowest BCUT2D eigenvalue weighted by atomic mass is 10.1. The van der Waals surface area contributed by atoms with Crippen LogP contribution in [0, 0.1) is 17.0 Å². The van der Waals surface area contributed by atoms with Gasteiger partial charge in [-0.25, -0.2) is 0 Å². The Hall–Kier alpha value is -3.42. The first-order chi connectivity index (χ1) is 12.4. The van der Waals surface area contributed by atoms with Gasteiger partial charge in [0.15, 0.2) is 6.10 Å². The van der Waals surface area contributed by atoms with E-state index >= 15 is 0 Å². The van der Waals surface area contributed by atoms with Gasteiger partial charge >= 0.3 is 0 Å². The van der Waals surface area contributed by atoms with Crippen LogP contribution in [0.3, 0.4) is 0 Å². The Balaban J connectivity index is 2.01. The number of anilines is 1. The van der Waals surface area contributed by atoms with E-state index in [2.05, 4.69) is 5.32 Å². The molecule has 0 spiro atoms. The van der Waals surface area contributed by atoms with Crippen molar-refractivity contribution < 1.29 is 19.2 Å². The van der Waals surface area contributed by atoms with Crippen molar-refractivity contribution in [3.05, 3.63) is 63.7 Å². The van der Waals surface area contributed by atoms with Crippen molar-refractivity contribution in [1.82, 2.24) is 5.32 Å². The number of nitro groups is 1. The Bertz CT molecular complexity index is 896. The van der Waals surface area contributed by atoms with Crippen LogP contribution < -0.4 is 15.0 Å². The number of amides is 2. The number of nitrogens with zero attached hydrogens (tertiary/aromatic N) is 2. The van der Waals surface area contributed by atoms with Crippen LogP contribution in [0.4, 0.5) is 11.4 Å². The average Bonchev–Trinajstić information content (AvgIpc) is 2.66. The zero-order valence-corrected chi connectivity index (χ0v) is 14.3. The number of carbonyl (C=O) groups excluding carboxylic acids is 2. The van der Waals surface area contributed by atoms with Gasteiger partial charge in [-0.05, 0) is 25.1 Å². The third kappa shape index (κ3) is 3.08. The topological polar surface area (TPSA) is 102 Å². The van der Waals surface area contributed by atoms with Crippen LogP contribution in [-0.2, 0) is 4.79 Å². The van der Waals surface area contributed by atoms with Crippen LogP contribution in [0.25, 0.3) is 0 Å². The summed E-state index contributed by atoms with van der Waals surface area (Å²) < 4.78 is 5.67. The fourth-order valence-corrected chi connectivity index (χ4v) is 2.82. The number of para-hydroxylation sites is 2. The summed E-state index contributed by atoms with van der Waals surface area (Å²) in [6, 6.07) is 11.2. The molecule has 0 unspecified atom stereocenters. The molecule has 0 aliphatic carbocycles. The van der Waals surface area contributed by atoms with Gasteiger partial charge in [0.25, 0.3) is 17.5 Å². The Morgan fingerprint density at radius 2 is 2.00 bits per heavy atom. The van der Waals surface area contributed by atoms with Crippen molar-refractivity contribution >= 4 is 23.2 Å². The van der Waals surface area contributed by atoms with Gasteiger partial charge in [0.1, 0.15) is 5.75 Å². The van der Waals surface area contributed by atoms with E-state index in [1.165, 1.54) is 30.1 Å². The van der Waals surface area contributed by atoms with E-state index in [-0.39, 0.29) is 23.7 Å². The Kier molecular flexibility index (Phi) is 4.57. The molecule has 2 amide bonds. The monoisotopic (exact) mass is 355 g/mol. The van der Waals surface area contributed by atoms with Gasteiger partial charge in [0, 0.05) is 24.2 Å². The van der Waals surface area contributed by atoms with E-state index in [1.54, 1.807) is 31.2 Å². The average molecular weight is 355 g/mol. The molecular weight excluding hydrogens is 338 g/mol. The molecule has 0 saturated heterocycles. The predicted molar refractivity (Wildman–Crippen MR) is 94.4 cm³/mol. The highest BCUT2D eigenvalue weighted by atomic mass is 16.6. The van der Waals surface area contributed by atoms with Crippen LogP contribution in [0.1, 0.15) is 15.9 Å². The summed E-state index contributed by atoms with van der Waals surface area (Å²) in [4.78, 5) is 37.1. The zero-order chi connectivity index (χ0) is 18.8. The minimum atomic E-state index is -0.862. The van der Waals surface area contributed by atoms with E-state index in [0.29, 0.717) is 17.0 Å². The first-order valence-electron chi connectivity index (χ1n) is 7.96. The highest BCUT2D eigenvalue weighted by Gasteiger charge is 2.34. The quantitative estimate of drug-likeness (QED) is 0.671. The number of ether oxygens (including phenoxy) is 1. The third-order valence-electron chi connectivity index (χ3n) is 4.21. The minimum Gasteiger partial charge on any atom is -0.477 e. The molecule has 0 saturated carbocycles. The highest BCUT2D eigenvalue weighted by molar-refractivity contribution is 6.08. The fraction of sp³-hybridized carbons (Fsp3) is 0.222. The number of benzene rings is 2. The molecule has 1 heterocycles. The maximum Gasteiger partial charge on any atom is 0.273 e. The molecule has 26 heavy (non-hydrogen) atoms. The lowest BCUT2D eigenvalue weighted by Crippen LogP contribution is -2.50. The number of carbonyl (C=O) groups is 2. The second-order valence-corrected chi connectivity index (χ2v) is 5.86. The number of likely N-dealkylation sites (N-methyl/N-ethyl adjacent to an activating group) is 1. The standard InChI is InChI=1S/C18H17N3O5/c1-11-7-8-12(9-14(11)21(24)25)18(23)20-10-16(17(22)19-2)26-15-6-4-3-5-13(15)20/h3-9,16H,10H2,1-2H3,(H,19,22)/t16-/m0/s1. The van der Waals surface area contributed by atoms with E-state index < -0.39 is 16.9 Å². The van der Waals surface area contributed by atoms with E-state index in [0.717, 1.165) is 0 Å². The summed E-state index contributed by atoms with van der Waals surface area (Å²) in [6.07, 6.45) is -0.862. The molecule has 0 fully saturated rings. The summed E-state index contributed by atoms with van der Waals surface area (Å²) in [5.74, 6) is -0.382. The molecule has 2 aromatic carbocycles. The van der Waals surface area contributed by atoms with Crippen LogP contribution in [0.15, 0.2) is 42.5 Å². The molecule has 1 aliphatic heterocycles. The van der Waals surface area contributed by atoms with Gasteiger partial charge in [0.2, 0.25) is 0 Å². The van der Waals surface area contributed by atoms with Gasteiger partial charge in [-0.15, -0.1) is 0 Å². The number of nitro benzene ring substituents is 1. The molecule has 1 atom stereocenters. The normalized spacial score (nSPS) is 15.6. The van der Waals surface area contributed by atoms with Crippen molar-refractivity contribution in [2.24, 2.45) is 0 Å². The zero-order valence-electron chi connectivity index (χ0n) is 14.3. The van der Waals surface area contributed by atoms with Crippen LogP contribution >= 0.6 is 0 Å². The van der Waals surface area contributed by atoms with Crippen molar-refractivity contribution in [1.29, 1.82) is 0 Å². The van der Waals surface area contributed by atoms with Crippen molar-refractivity contribution in [3.63, 3.8) is 0 Å². The Labute approximate surface area is 149 Å². The smallest absolute Gasteiger partial charge is 0.273 e. The van der Waals surface area contributed by atoms with Gasteiger partial charge in [-0.1, -0.05) is 18.2 Å². The van der Waals surface area contributed by atoms with E-state index in [9.17, 15) is 19.7 Å². The summed E-state index contributed by atoms with van der Waals surface area (Å²) in [7, 11) is 1.49. The summed E-state index contributed by atoms with van der Waals surface area (Å²) >= 11 is 0. The molecule has 0 radical (unpaired) electrons. The lowest BCUT2D eigenvalue weighted by molar-refractivity contribution is -0.385. The van der Waals surface area contributed by atoms with E-state index in [4.69, 9.17) is 4.74 Å². The molecule has 3 rings (SSSR count). The fourth-order valence-electron chi connectivity index (χ4n) is 2.82. The van der Waals surface area contributed by atoms with Crippen LogP contribution in [0.5, 0.6) is 5.75 Å². The first-order valence-corrected chi connectivity index (χ1v) is 7.96. The maximum absolute atomic E-state index is 13.0. The first kappa shape index (κ1) is 17.4. The minimum absolute atomic E-state index is 0.0111. The number of nitrogens with one attached hydrogen (secondary N) is 1. The molecule has 134 valence electrons. The molecule has 1 N–H and O–H groups in total. The molecular formula is C18H17N3O5. The summed E-state index contributed by atoms with van der Waals surface area (Å²) in [6.45, 7) is 1.62.